The third kappa shape index (κ3) is 8.81. The van der Waals surface area contributed by atoms with Crippen LogP contribution in [0.5, 0.6) is 6.01 Å². The highest BCUT2D eigenvalue weighted by Crippen LogP contribution is 2.11. The SMILES string of the molecule is CC(C)(C)OC(=O)NCCOCCOc1nc(Cl)nc(Cl)n1. The Morgan fingerprint density at radius 1 is 1.09 bits per heavy atom. The van der Waals surface area contributed by atoms with Gasteiger partial charge in [-0.1, -0.05) is 0 Å². The molecule has 0 unspecified atom stereocenters. The molecule has 1 aromatic heterocycles. The molecule has 0 aliphatic carbocycles. The second-order valence-corrected chi connectivity index (χ2v) is 5.72. The fourth-order valence-corrected chi connectivity index (χ4v) is 1.55. The predicted octanol–water partition coefficient (Wildman–Crippen LogP) is 2.10. The van der Waals surface area contributed by atoms with Crippen molar-refractivity contribution < 1.29 is 19.0 Å². The Kier molecular flexibility index (Phi) is 7.57. The predicted molar refractivity (Wildman–Crippen MR) is 80.4 cm³/mol. The molecule has 1 rings (SSSR count). The van der Waals surface area contributed by atoms with E-state index in [4.69, 9.17) is 37.4 Å². The summed E-state index contributed by atoms with van der Waals surface area (Å²) in [5, 5.41) is 2.48. The standard InChI is InChI=1S/C12H18Cl2N4O4/c1-12(2,3)22-11(19)15-4-5-20-6-7-21-10-17-8(13)16-9(14)18-10/h4-7H2,1-3H3,(H,15,19). The molecule has 0 fully saturated rings. The molecule has 8 nitrogen and oxygen atoms in total. The van der Waals surface area contributed by atoms with E-state index in [1.807, 2.05) is 0 Å². The maximum atomic E-state index is 11.3. The lowest BCUT2D eigenvalue weighted by molar-refractivity contribution is 0.0487. The summed E-state index contributed by atoms with van der Waals surface area (Å²) in [6.07, 6.45) is -0.484. The van der Waals surface area contributed by atoms with Crippen LogP contribution in [-0.2, 0) is 9.47 Å². The fraction of sp³-hybridized carbons (Fsp3) is 0.667. The van der Waals surface area contributed by atoms with Gasteiger partial charge in [0.1, 0.15) is 12.2 Å². The lowest BCUT2D eigenvalue weighted by atomic mass is 10.2. The zero-order valence-corrected chi connectivity index (χ0v) is 14.1. The van der Waals surface area contributed by atoms with Crippen LogP contribution in [-0.4, -0.2) is 53.0 Å². The summed E-state index contributed by atoms with van der Waals surface area (Å²) in [6.45, 7) is 6.53. The minimum atomic E-state index is -0.522. The molecule has 1 amide bonds. The third-order valence-electron chi connectivity index (χ3n) is 1.93. The summed E-state index contributed by atoms with van der Waals surface area (Å²) in [7, 11) is 0. The van der Waals surface area contributed by atoms with Crippen molar-refractivity contribution in [2.24, 2.45) is 0 Å². The molecular formula is C12H18Cl2N4O4. The van der Waals surface area contributed by atoms with Crippen LogP contribution < -0.4 is 10.1 Å². The van der Waals surface area contributed by atoms with Crippen LogP contribution in [0, 0.1) is 0 Å². The van der Waals surface area contributed by atoms with Gasteiger partial charge in [-0.25, -0.2) is 4.79 Å². The second kappa shape index (κ2) is 8.92. The van der Waals surface area contributed by atoms with Gasteiger partial charge in [0.25, 0.3) is 0 Å². The van der Waals surface area contributed by atoms with E-state index in [0.717, 1.165) is 0 Å². The van der Waals surface area contributed by atoms with E-state index in [1.54, 1.807) is 20.8 Å². The van der Waals surface area contributed by atoms with Crippen molar-refractivity contribution in [2.45, 2.75) is 26.4 Å². The Morgan fingerprint density at radius 3 is 2.32 bits per heavy atom. The number of nitrogens with zero attached hydrogens (tertiary/aromatic N) is 3. The Balaban J connectivity index is 2.07. The number of hydrogen-bond acceptors (Lipinski definition) is 7. The van der Waals surface area contributed by atoms with Gasteiger partial charge in [0.2, 0.25) is 10.6 Å². The van der Waals surface area contributed by atoms with Crippen LogP contribution in [0.2, 0.25) is 10.6 Å². The van der Waals surface area contributed by atoms with Crippen LogP contribution in [0.25, 0.3) is 0 Å². The zero-order valence-electron chi connectivity index (χ0n) is 12.6. The van der Waals surface area contributed by atoms with E-state index < -0.39 is 11.7 Å². The first kappa shape index (κ1) is 18.7. The van der Waals surface area contributed by atoms with Gasteiger partial charge >= 0.3 is 12.1 Å². The molecule has 0 spiro atoms. The van der Waals surface area contributed by atoms with E-state index in [0.29, 0.717) is 13.2 Å². The molecule has 124 valence electrons. The summed E-state index contributed by atoms with van der Waals surface area (Å²) >= 11 is 11.2. The Bertz CT molecular complexity index is 476. The quantitative estimate of drug-likeness (QED) is 0.750. The van der Waals surface area contributed by atoms with Crippen molar-refractivity contribution in [1.82, 2.24) is 20.3 Å². The minimum absolute atomic E-state index is 0.0282. The molecule has 0 aliphatic rings. The Morgan fingerprint density at radius 2 is 1.73 bits per heavy atom. The average Bonchev–Trinajstić information content (AvgIpc) is 2.34. The van der Waals surface area contributed by atoms with Crippen LogP contribution in [0.4, 0.5) is 4.79 Å². The summed E-state index contributed by atoms with van der Waals surface area (Å²) < 4.78 is 15.5. The molecule has 1 heterocycles. The van der Waals surface area contributed by atoms with Crippen molar-refractivity contribution in [3.63, 3.8) is 0 Å². The van der Waals surface area contributed by atoms with E-state index >= 15 is 0 Å². The third-order valence-corrected chi connectivity index (χ3v) is 2.27. The van der Waals surface area contributed by atoms with Crippen LogP contribution in [0.15, 0.2) is 0 Å². The summed E-state index contributed by atoms with van der Waals surface area (Å²) in [4.78, 5) is 22.4. The van der Waals surface area contributed by atoms with Crippen molar-refractivity contribution in [1.29, 1.82) is 0 Å². The molecule has 1 N–H and O–H groups in total. The van der Waals surface area contributed by atoms with Crippen molar-refractivity contribution in [2.75, 3.05) is 26.4 Å². The number of halogens is 2. The summed E-state index contributed by atoms with van der Waals surface area (Å²) in [5.74, 6) is 0. The molecule has 0 radical (unpaired) electrons. The molecule has 0 saturated heterocycles. The number of amides is 1. The highest BCUT2D eigenvalue weighted by molar-refractivity contribution is 6.31. The molecule has 0 saturated carbocycles. The van der Waals surface area contributed by atoms with E-state index in [-0.39, 0.29) is 29.8 Å². The van der Waals surface area contributed by atoms with Gasteiger partial charge in [0.15, 0.2) is 0 Å². The number of carbonyl (C=O) groups excluding carboxylic acids is 1. The van der Waals surface area contributed by atoms with Crippen molar-refractivity contribution in [3.05, 3.63) is 10.6 Å². The first-order valence-corrected chi connectivity index (χ1v) is 7.26. The summed E-state index contributed by atoms with van der Waals surface area (Å²) in [6, 6.07) is 0.0282. The zero-order chi connectivity index (χ0) is 16.6. The first-order valence-electron chi connectivity index (χ1n) is 6.51. The van der Waals surface area contributed by atoms with Gasteiger partial charge < -0.3 is 19.5 Å². The number of hydrogen-bond donors (Lipinski definition) is 1. The van der Waals surface area contributed by atoms with Gasteiger partial charge in [-0.05, 0) is 44.0 Å². The van der Waals surface area contributed by atoms with Crippen molar-refractivity contribution in [3.8, 4) is 6.01 Å². The van der Waals surface area contributed by atoms with Gasteiger partial charge in [-0.3, -0.25) is 0 Å². The molecule has 0 bridgehead atoms. The minimum Gasteiger partial charge on any atom is -0.461 e. The monoisotopic (exact) mass is 352 g/mol. The van der Waals surface area contributed by atoms with Gasteiger partial charge in [-0.2, -0.15) is 15.0 Å². The normalized spacial score (nSPS) is 11.1. The lowest BCUT2D eigenvalue weighted by Crippen LogP contribution is -2.34. The molecule has 0 atom stereocenters. The number of aromatic nitrogens is 3. The largest absolute Gasteiger partial charge is 0.461 e. The van der Waals surface area contributed by atoms with Gasteiger partial charge in [-0.15, -0.1) is 0 Å². The number of rotatable bonds is 7. The van der Waals surface area contributed by atoms with Gasteiger partial charge in [0.05, 0.1) is 13.2 Å². The van der Waals surface area contributed by atoms with Crippen LogP contribution in [0.3, 0.4) is 0 Å². The number of alkyl carbamates (subject to hydrolysis) is 1. The Hall–Kier alpha value is -1.38. The topological polar surface area (TPSA) is 95.5 Å². The van der Waals surface area contributed by atoms with Gasteiger partial charge in [0, 0.05) is 6.54 Å². The molecule has 0 aromatic carbocycles. The van der Waals surface area contributed by atoms with Crippen LogP contribution >= 0.6 is 23.2 Å². The van der Waals surface area contributed by atoms with E-state index in [9.17, 15) is 4.79 Å². The lowest BCUT2D eigenvalue weighted by Gasteiger charge is -2.19. The highest BCUT2D eigenvalue weighted by atomic mass is 35.5. The molecule has 10 heteroatoms. The average molecular weight is 353 g/mol. The summed E-state index contributed by atoms with van der Waals surface area (Å²) in [5.41, 5.74) is -0.522. The Labute approximate surface area is 138 Å². The maximum Gasteiger partial charge on any atom is 0.407 e. The highest BCUT2D eigenvalue weighted by Gasteiger charge is 2.15. The molecule has 22 heavy (non-hydrogen) atoms. The smallest absolute Gasteiger partial charge is 0.407 e. The maximum absolute atomic E-state index is 11.3. The van der Waals surface area contributed by atoms with Crippen molar-refractivity contribution >= 4 is 29.3 Å². The molecule has 0 aliphatic heterocycles. The number of nitrogens with one attached hydrogen (secondary N) is 1. The van der Waals surface area contributed by atoms with E-state index in [2.05, 4.69) is 20.3 Å². The first-order chi connectivity index (χ1) is 10.3. The molecule has 1 aromatic rings. The van der Waals surface area contributed by atoms with Crippen LogP contribution in [0.1, 0.15) is 20.8 Å². The molecular weight excluding hydrogens is 335 g/mol. The fourth-order valence-electron chi connectivity index (χ4n) is 1.21. The number of carbonyl (C=O) groups is 1. The van der Waals surface area contributed by atoms with E-state index in [1.165, 1.54) is 0 Å². The second-order valence-electron chi connectivity index (χ2n) is 5.05. The number of ether oxygens (including phenoxy) is 3.